The lowest BCUT2D eigenvalue weighted by Crippen LogP contribution is -2.53. The number of nitrogens with zero attached hydrogens (tertiary/aromatic N) is 2. The van der Waals surface area contributed by atoms with Crippen LogP contribution in [0.1, 0.15) is 48.4 Å². The van der Waals surface area contributed by atoms with E-state index in [9.17, 15) is 39.6 Å². The van der Waals surface area contributed by atoms with Crippen LogP contribution in [-0.2, 0) is 22.2 Å². The van der Waals surface area contributed by atoms with Gasteiger partial charge in [-0.1, -0.05) is 6.07 Å². The Morgan fingerprint density at radius 3 is 2.03 bits per heavy atom. The van der Waals surface area contributed by atoms with E-state index in [1.54, 1.807) is 0 Å². The molecule has 0 unspecified atom stereocenters. The second kappa shape index (κ2) is 8.26. The van der Waals surface area contributed by atoms with Crippen LogP contribution in [0, 0.1) is 5.92 Å². The molecule has 1 fully saturated rings. The van der Waals surface area contributed by atoms with Gasteiger partial charge in [-0.3, -0.25) is 4.79 Å². The van der Waals surface area contributed by atoms with Gasteiger partial charge >= 0.3 is 12.4 Å². The Labute approximate surface area is 185 Å². The summed E-state index contributed by atoms with van der Waals surface area (Å²) in [5.41, 5.74) is -2.18. The number of carbonyl (C=O) groups is 1. The van der Waals surface area contributed by atoms with Crippen molar-refractivity contribution in [3.8, 4) is 0 Å². The molecule has 1 saturated carbocycles. The van der Waals surface area contributed by atoms with Gasteiger partial charge in [0.1, 0.15) is 0 Å². The van der Waals surface area contributed by atoms with E-state index in [0.717, 1.165) is 18.2 Å². The van der Waals surface area contributed by atoms with E-state index in [2.05, 4.69) is 15.3 Å². The van der Waals surface area contributed by atoms with E-state index in [1.807, 2.05) is 0 Å². The molecule has 0 radical (unpaired) electrons. The van der Waals surface area contributed by atoms with Crippen LogP contribution in [0.2, 0.25) is 0 Å². The lowest BCUT2D eigenvalue weighted by atomic mass is 9.73. The van der Waals surface area contributed by atoms with Gasteiger partial charge in [0.05, 0.1) is 20.8 Å². The maximum absolute atomic E-state index is 13.1. The first-order valence-corrected chi connectivity index (χ1v) is 11.1. The van der Waals surface area contributed by atoms with Crippen molar-refractivity contribution in [2.45, 2.75) is 54.7 Å². The SMILES string of the molecule is CC(C)(C1CC(NC(=O)c2ncc(C(F)(F)F)cn2)C1)S(=O)(=O)c1cccc(C(F)(F)F)c1. The van der Waals surface area contributed by atoms with Crippen LogP contribution in [0.25, 0.3) is 0 Å². The van der Waals surface area contributed by atoms with Crippen molar-refractivity contribution in [1.29, 1.82) is 0 Å². The minimum absolute atomic E-state index is 0.206. The van der Waals surface area contributed by atoms with Gasteiger partial charge in [0.2, 0.25) is 5.82 Å². The van der Waals surface area contributed by atoms with E-state index in [4.69, 9.17) is 0 Å². The van der Waals surface area contributed by atoms with Crippen molar-refractivity contribution in [2.75, 3.05) is 0 Å². The van der Waals surface area contributed by atoms with Crippen molar-refractivity contribution in [2.24, 2.45) is 5.92 Å². The van der Waals surface area contributed by atoms with Gasteiger partial charge in [-0.15, -0.1) is 0 Å². The third-order valence-corrected chi connectivity index (χ3v) is 8.40. The first-order valence-electron chi connectivity index (χ1n) is 9.65. The Hall–Kier alpha value is -2.70. The molecule has 180 valence electrons. The fraction of sp³-hybridized carbons (Fsp3) is 0.450. The number of halogens is 6. The lowest BCUT2D eigenvalue weighted by Gasteiger charge is -2.44. The minimum atomic E-state index is -4.69. The summed E-state index contributed by atoms with van der Waals surface area (Å²) in [6.07, 6.45) is -7.96. The number of hydrogen-bond donors (Lipinski definition) is 1. The van der Waals surface area contributed by atoms with Gasteiger partial charge in [-0.2, -0.15) is 26.3 Å². The van der Waals surface area contributed by atoms with Crippen molar-refractivity contribution in [3.63, 3.8) is 0 Å². The summed E-state index contributed by atoms with van der Waals surface area (Å²) < 4.78 is 101. The molecule has 0 saturated heterocycles. The Morgan fingerprint density at radius 2 is 1.52 bits per heavy atom. The maximum Gasteiger partial charge on any atom is 0.419 e. The van der Waals surface area contributed by atoms with E-state index in [0.29, 0.717) is 18.5 Å². The van der Waals surface area contributed by atoms with Gasteiger partial charge < -0.3 is 5.32 Å². The summed E-state index contributed by atoms with van der Waals surface area (Å²) in [7, 11) is -4.15. The van der Waals surface area contributed by atoms with Crippen molar-refractivity contribution in [1.82, 2.24) is 15.3 Å². The summed E-state index contributed by atoms with van der Waals surface area (Å²) in [6, 6.07) is 3.02. The molecule has 13 heteroatoms. The molecule has 1 N–H and O–H groups in total. The van der Waals surface area contributed by atoms with E-state index in [1.165, 1.54) is 13.8 Å². The van der Waals surface area contributed by atoms with Gasteiger partial charge in [-0.25, -0.2) is 18.4 Å². The van der Waals surface area contributed by atoms with Crippen LogP contribution in [-0.4, -0.2) is 35.1 Å². The van der Waals surface area contributed by atoms with Crippen LogP contribution >= 0.6 is 0 Å². The Kier molecular flexibility index (Phi) is 6.24. The topological polar surface area (TPSA) is 89.0 Å². The zero-order chi connectivity index (χ0) is 24.8. The van der Waals surface area contributed by atoms with Crippen LogP contribution in [0.5, 0.6) is 0 Å². The van der Waals surface area contributed by atoms with Crippen LogP contribution in [0.4, 0.5) is 26.3 Å². The fourth-order valence-corrected chi connectivity index (χ4v) is 5.29. The number of aromatic nitrogens is 2. The molecule has 6 nitrogen and oxygen atoms in total. The molecule has 3 rings (SSSR count). The Bertz CT molecular complexity index is 1140. The zero-order valence-corrected chi connectivity index (χ0v) is 18.1. The smallest absolute Gasteiger partial charge is 0.347 e. The average Bonchev–Trinajstić information content (AvgIpc) is 2.68. The highest BCUT2D eigenvalue weighted by atomic mass is 32.2. The summed E-state index contributed by atoms with van der Waals surface area (Å²) in [6.45, 7) is 2.81. The third-order valence-electron chi connectivity index (χ3n) is 5.80. The highest BCUT2D eigenvalue weighted by molar-refractivity contribution is 7.92. The van der Waals surface area contributed by atoms with E-state index >= 15 is 0 Å². The fourth-order valence-electron chi connectivity index (χ4n) is 3.51. The zero-order valence-electron chi connectivity index (χ0n) is 17.3. The molecule has 2 aromatic rings. The molecule has 0 bridgehead atoms. The van der Waals surface area contributed by atoms with Gasteiger partial charge in [0.15, 0.2) is 9.84 Å². The molecule has 1 heterocycles. The van der Waals surface area contributed by atoms with E-state index < -0.39 is 66.7 Å². The molecule has 0 atom stereocenters. The molecule has 0 aliphatic heterocycles. The van der Waals surface area contributed by atoms with Crippen LogP contribution < -0.4 is 5.32 Å². The largest absolute Gasteiger partial charge is 0.419 e. The average molecular weight is 495 g/mol. The monoisotopic (exact) mass is 495 g/mol. The molecular formula is C20H19F6N3O3S. The van der Waals surface area contributed by atoms with Crippen LogP contribution in [0.15, 0.2) is 41.6 Å². The quantitative estimate of drug-likeness (QED) is 0.626. The molecule has 1 aliphatic rings. The number of nitrogens with one attached hydrogen (secondary N) is 1. The first-order chi connectivity index (χ1) is 15.0. The third kappa shape index (κ3) is 4.97. The number of benzene rings is 1. The Morgan fingerprint density at radius 1 is 0.970 bits per heavy atom. The minimum Gasteiger partial charge on any atom is -0.347 e. The highest BCUT2D eigenvalue weighted by Crippen LogP contribution is 2.44. The molecular weight excluding hydrogens is 476 g/mol. The predicted molar refractivity (Wildman–Crippen MR) is 104 cm³/mol. The number of rotatable bonds is 5. The lowest BCUT2D eigenvalue weighted by molar-refractivity contribution is -0.138. The molecule has 0 spiro atoms. The number of alkyl halides is 6. The van der Waals surface area contributed by atoms with Gasteiger partial charge in [0.25, 0.3) is 5.91 Å². The standard InChI is InChI=1S/C20H19F6N3O3S/c1-18(2,33(31,32)15-5-3-4-11(8-15)19(21,22)23)12-6-14(7-12)29-17(30)16-27-9-13(10-28-16)20(24,25)26/h3-5,8-10,12,14H,6-7H2,1-2H3,(H,29,30). The maximum atomic E-state index is 13.1. The molecule has 1 aromatic heterocycles. The van der Waals surface area contributed by atoms with Crippen molar-refractivity contribution < 1.29 is 39.6 Å². The second-order valence-corrected chi connectivity index (χ2v) is 10.8. The summed E-state index contributed by atoms with van der Waals surface area (Å²) in [5.74, 6) is -1.76. The molecule has 1 aromatic carbocycles. The predicted octanol–water partition coefficient (Wildman–Crippen LogP) is 4.28. The molecule has 1 aliphatic carbocycles. The van der Waals surface area contributed by atoms with Crippen LogP contribution in [0.3, 0.4) is 0 Å². The summed E-state index contributed by atoms with van der Waals surface area (Å²) in [5, 5.41) is 2.52. The second-order valence-electron chi connectivity index (χ2n) is 8.26. The number of hydrogen-bond acceptors (Lipinski definition) is 5. The number of sulfone groups is 1. The van der Waals surface area contributed by atoms with E-state index in [-0.39, 0.29) is 12.8 Å². The molecule has 33 heavy (non-hydrogen) atoms. The van der Waals surface area contributed by atoms with Crippen molar-refractivity contribution in [3.05, 3.63) is 53.6 Å². The van der Waals surface area contributed by atoms with Crippen molar-refractivity contribution >= 4 is 15.7 Å². The Balaban J connectivity index is 1.66. The van der Waals surface area contributed by atoms with Gasteiger partial charge in [-0.05, 0) is 50.8 Å². The van der Waals surface area contributed by atoms with Gasteiger partial charge in [0, 0.05) is 18.4 Å². The normalized spacial score (nSPS) is 19.6. The molecule has 1 amide bonds. The first kappa shape index (κ1) is 24.9. The number of amides is 1. The highest BCUT2D eigenvalue weighted by Gasteiger charge is 2.49. The number of carbonyl (C=O) groups excluding carboxylic acids is 1. The summed E-state index contributed by atoms with van der Waals surface area (Å²) in [4.78, 5) is 18.5. The summed E-state index contributed by atoms with van der Waals surface area (Å²) >= 11 is 0.